The Balaban J connectivity index is 1.03. The van der Waals surface area contributed by atoms with Crippen LogP contribution in [-0.2, 0) is 0 Å². The fourth-order valence-electron chi connectivity index (χ4n) is 7.83. The first kappa shape index (κ1) is 25.9. The molecule has 45 heavy (non-hydrogen) atoms. The molecular formula is C42H30N2O. The van der Waals surface area contributed by atoms with Crippen molar-refractivity contribution >= 4 is 43.7 Å². The number of rotatable bonds is 4. The minimum absolute atomic E-state index is 0.504. The van der Waals surface area contributed by atoms with E-state index in [2.05, 4.69) is 126 Å². The highest BCUT2D eigenvalue weighted by Crippen LogP contribution is 2.47. The summed E-state index contributed by atoms with van der Waals surface area (Å²) in [6, 6.07) is 50.0. The average molecular weight is 579 g/mol. The lowest BCUT2D eigenvalue weighted by molar-refractivity contribution is 0.624. The quantitative estimate of drug-likeness (QED) is 0.208. The molecule has 8 aromatic rings. The normalized spacial score (nSPS) is 16.6. The van der Waals surface area contributed by atoms with Crippen molar-refractivity contribution in [1.29, 1.82) is 5.26 Å². The minimum atomic E-state index is 0.504. The summed E-state index contributed by atoms with van der Waals surface area (Å²) in [5.74, 6) is 1.01. The summed E-state index contributed by atoms with van der Waals surface area (Å²) in [6.07, 6.45) is 3.66. The first-order valence-corrected chi connectivity index (χ1v) is 15.8. The molecular weight excluding hydrogens is 548 g/mol. The number of aromatic nitrogens is 1. The molecule has 1 unspecified atom stereocenters. The highest BCUT2D eigenvalue weighted by Gasteiger charge is 2.30. The molecule has 1 saturated carbocycles. The Bertz CT molecular complexity index is 2370. The molecule has 0 aliphatic heterocycles. The third kappa shape index (κ3) is 4.10. The first-order chi connectivity index (χ1) is 22.3. The second kappa shape index (κ2) is 10.3. The molecule has 0 radical (unpaired) electrons. The molecule has 0 amide bonds. The number of nitriles is 1. The van der Waals surface area contributed by atoms with Gasteiger partial charge in [-0.3, -0.25) is 0 Å². The molecule has 3 nitrogen and oxygen atoms in total. The summed E-state index contributed by atoms with van der Waals surface area (Å²) in [7, 11) is 0. The van der Waals surface area contributed by atoms with Gasteiger partial charge in [0.2, 0.25) is 0 Å². The number of nitrogens with zero attached hydrogens (tertiary/aromatic N) is 2. The van der Waals surface area contributed by atoms with Crippen molar-refractivity contribution in [2.75, 3.05) is 0 Å². The summed E-state index contributed by atoms with van der Waals surface area (Å²) < 4.78 is 8.71. The van der Waals surface area contributed by atoms with Gasteiger partial charge in [0.1, 0.15) is 11.2 Å². The second-order valence-corrected chi connectivity index (χ2v) is 12.3. The largest absolute Gasteiger partial charge is 0.455 e. The van der Waals surface area contributed by atoms with Gasteiger partial charge in [-0.05, 0) is 83.8 Å². The van der Waals surface area contributed by atoms with Crippen LogP contribution < -0.4 is 0 Å². The highest BCUT2D eigenvalue weighted by molar-refractivity contribution is 6.10. The standard InChI is InChI=1S/C42H30N2O/c43-26-27-15-24-41-38(25-27)37-12-6-11-34(42(37)45-41)30-18-16-28(17-19-30)32-9-5-10-33(32)29-20-22-31(23-21-29)44-39-13-3-1-7-35(39)36-8-2-4-14-40(36)44/h1-4,6-8,11-25,32-33H,5,9-10H2/t32?,33-/m1/s1. The van der Waals surface area contributed by atoms with E-state index in [1.165, 1.54) is 57.9 Å². The summed E-state index contributed by atoms with van der Waals surface area (Å²) >= 11 is 0. The van der Waals surface area contributed by atoms with Gasteiger partial charge in [0.15, 0.2) is 0 Å². The Morgan fingerprint density at radius 3 is 1.89 bits per heavy atom. The Morgan fingerprint density at radius 1 is 0.600 bits per heavy atom. The van der Waals surface area contributed by atoms with Crippen molar-refractivity contribution in [3.8, 4) is 22.9 Å². The van der Waals surface area contributed by atoms with Crippen molar-refractivity contribution in [3.63, 3.8) is 0 Å². The van der Waals surface area contributed by atoms with Gasteiger partial charge < -0.3 is 8.98 Å². The molecule has 214 valence electrons. The molecule has 0 spiro atoms. The van der Waals surface area contributed by atoms with Crippen LogP contribution in [0.5, 0.6) is 0 Å². The van der Waals surface area contributed by atoms with Gasteiger partial charge in [0.25, 0.3) is 0 Å². The minimum Gasteiger partial charge on any atom is -0.455 e. The Morgan fingerprint density at radius 2 is 1.22 bits per heavy atom. The van der Waals surface area contributed by atoms with Gasteiger partial charge >= 0.3 is 0 Å². The van der Waals surface area contributed by atoms with Gasteiger partial charge in [-0.15, -0.1) is 0 Å². The Kier molecular flexibility index (Phi) is 5.89. The molecule has 1 aliphatic rings. The summed E-state index contributed by atoms with van der Waals surface area (Å²) in [4.78, 5) is 0. The van der Waals surface area contributed by atoms with Crippen LogP contribution in [0.15, 0.2) is 138 Å². The van der Waals surface area contributed by atoms with Crippen molar-refractivity contribution in [3.05, 3.63) is 150 Å². The second-order valence-electron chi connectivity index (χ2n) is 12.3. The molecule has 0 N–H and O–H groups in total. The SMILES string of the molecule is N#Cc1ccc2oc3c(-c4ccc(C5CCC[C@@H]5c5ccc(-n6c7ccccc7c7ccccc76)cc5)cc4)cccc3c2c1. The Hall–Kier alpha value is -5.59. The lowest BCUT2D eigenvalue weighted by atomic mass is 9.83. The summed E-state index contributed by atoms with van der Waals surface area (Å²) in [5.41, 5.74) is 11.1. The number of para-hydroxylation sites is 3. The summed E-state index contributed by atoms with van der Waals surface area (Å²) in [6.45, 7) is 0. The molecule has 2 aromatic heterocycles. The number of benzene rings is 6. The van der Waals surface area contributed by atoms with Crippen molar-refractivity contribution in [1.82, 2.24) is 4.57 Å². The van der Waals surface area contributed by atoms with Gasteiger partial charge in [-0.25, -0.2) is 0 Å². The van der Waals surface area contributed by atoms with Crippen LogP contribution in [0.1, 0.15) is 47.8 Å². The molecule has 9 rings (SSSR count). The number of hydrogen-bond acceptors (Lipinski definition) is 2. The van der Waals surface area contributed by atoms with Crippen LogP contribution in [0.25, 0.3) is 60.6 Å². The van der Waals surface area contributed by atoms with Crippen LogP contribution in [0.3, 0.4) is 0 Å². The number of hydrogen-bond donors (Lipinski definition) is 0. The molecule has 6 aromatic carbocycles. The monoisotopic (exact) mass is 578 g/mol. The van der Waals surface area contributed by atoms with Gasteiger partial charge in [0, 0.05) is 32.8 Å². The predicted octanol–water partition coefficient (Wildman–Crippen LogP) is 11.3. The van der Waals surface area contributed by atoms with E-state index in [1.807, 2.05) is 18.2 Å². The zero-order chi connectivity index (χ0) is 29.9. The smallest absolute Gasteiger partial charge is 0.143 e. The maximum Gasteiger partial charge on any atom is 0.143 e. The Labute approximate surface area is 261 Å². The fourth-order valence-corrected chi connectivity index (χ4v) is 7.83. The van der Waals surface area contributed by atoms with Crippen LogP contribution >= 0.6 is 0 Å². The maximum absolute atomic E-state index is 9.39. The van der Waals surface area contributed by atoms with Crippen molar-refractivity contribution < 1.29 is 4.42 Å². The third-order valence-electron chi connectivity index (χ3n) is 9.95. The molecule has 2 atom stereocenters. The molecule has 2 heterocycles. The van der Waals surface area contributed by atoms with E-state index in [-0.39, 0.29) is 0 Å². The van der Waals surface area contributed by atoms with E-state index in [0.29, 0.717) is 17.4 Å². The molecule has 0 saturated heterocycles. The zero-order valence-electron chi connectivity index (χ0n) is 24.8. The van der Waals surface area contributed by atoms with Crippen LogP contribution in [-0.4, -0.2) is 4.57 Å². The number of fused-ring (bicyclic) bond motifs is 6. The van der Waals surface area contributed by atoms with Crippen molar-refractivity contribution in [2.24, 2.45) is 0 Å². The molecule has 3 heteroatoms. The van der Waals surface area contributed by atoms with Gasteiger partial charge in [0.05, 0.1) is 22.7 Å². The van der Waals surface area contributed by atoms with E-state index < -0.39 is 0 Å². The zero-order valence-corrected chi connectivity index (χ0v) is 24.8. The van der Waals surface area contributed by atoms with E-state index in [9.17, 15) is 5.26 Å². The highest BCUT2D eigenvalue weighted by atomic mass is 16.3. The van der Waals surface area contributed by atoms with Crippen LogP contribution in [0.4, 0.5) is 0 Å². The molecule has 1 aliphatic carbocycles. The third-order valence-corrected chi connectivity index (χ3v) is 9.95. The van der Waals surface area contributed by atoms with Gasteiger partial charge in [-0.1, -0.05) is 97.4 Å². The molecule has 1 fully saturated rings. The fraction of sp³-hybridized carbons (Fsp3) is 0.119. The van der Waals surface area contributed by atoms with Gasteiger partial charge in [-0.2, -0.15) is 5.26 Å². The van der Waals surface area contributed by atoms with E-state index in [4.69, 9.17) is 4.42 Å². The van der Waals surface area contributed by atoms with E-state index >= 15 is 0 Å². The van der Waals surface area contributed by atoms with E-state index in [1.54, 1.807) is 0 Å². The summed E-state index contributed by atoms with van der Waals surface area (Å²) in [5, 5.41) is 14.0. The first-order valence-electron chi connectivity index (χ1n) is 15.8. The lowest BCUT2D eigenvalue weighted by Gasteiger charge is -2.21. The van der Waals surface area contributed by atoms with Crippen LogP contribution in [0, 0.1) is 11.3 Å². The topological polar surface area (TPSA) is 41.9 Å². The molecule has 0 bridgehead atoms. The van der Waals surface area contributed by atoms with Crippen molar-refractivity contribution in [2.45, 2.75) is 31.1 Å². The average Bonchev–Trinajstić information content (AvgIpc) is 3.83. The number of furan rings is 1. The van der Waals surface area contributed by atoms with Crippen LogP contribution in [0.2, 0.25) is 0 Å². The predicted molar refractivity (Wildman–Crippen MR) is 184 cm³/mol. The maximum atomic E-state index is 9.39. The van der Waals surface area contributed by atoms with E-state index in [0.717, 1.165) is 33.1 Å². The lowest BCUT2D eigenvalue weighted by Crippen LogP contribution is -2.05.